The molecular weight excluding hydrogens is 513 g/mol. The molecule has 9 nitrogen and oxygen atoms in total. The topological polar surface area (TPSA) is 116 Å². The number of aromatic nitrogens is 3. The van der Waals surface area contributed by atoms with Gasteiger partial charge >= 0.3 is 0 Å². The Kier molecular flexibility index (Phi) is 5.91. The lowest BCUT2D eigenvalue weighted by molar-refractivity contribution is 0.394. The van der Waals surface area contributed by atoms with Gasteiger partial charge in [0.2, 0.25) is 5.88 Å². The molecule has 188 valence electrons. The first-order valence-electron chi connectivity index (χ1n) is 10.5. The number of sulfonamides is 1. The Morgan fingerprint density at radius 2 is 1.73 bits per heavy atom. The first-order valence-corrected chi connectivity index (χ1v) is 11.9. The average molecular weight is 528 g/mol. The molecule has 0 aliphatic carbocycles. The van der Waals surface area contributed by atoms with E-state index in [1.54, 1.807) is 0 Å². The summed E-state index contributed by atoms with van der Waals surface area (Å²) in [5.74, 6) is -3.04. The Labute approximate surface area is 206 Å². The van der Waals surface area contributed by atoms with Gasteiger partial charge in [-0.3, -0.25) is 14.1 Å². The molecule has 2 aromatic carbocycles. The second-order valence-corrected chi connectivity index (χ2v) is 9.41. The van der Waals surface area contributed by atoms with Crippen LogP contribution in [0.4, 0.5) is 19.0 Å². The number of hydrogen-bond acceptors (Lipinski definition) is 7. The van der Waals surface area contributed by atoms with Crippen molar-refractivity contribution in [2.75, 3.05) is 11.8 Å². The van der Waals surface area contributed by atoms with Crippen molar-refractivity contribution in [2.45, 2.75) is 4.90 Å². The van der Waals surface area contributed by atoms with Gasteiger partial charge < -0.3 is 9.26 Å². The molecule has 3 heterocycles. The zero-order valence-corrected chi connectivity index (χ0v) is 19.6. The molecule has 37 heavy (non-hydrogen) atoms. The second kappa shape index (κ2) is 9.09. The maximum Gasteiger partial charge on any atom is 0.263 e. The van der Waals surface area contributed by atoms with Gasteiger partial charge in [-0.2, -0.15) is 0 Å². The summed E-state index contributed by atoms with van der Waals surface area (Å²) in [7, 11) is -2.81. The first kappa shape index (κ1) is 24.1. The third-order valence-corrected chi connectivity index (χ3v) is 6.70. The van der Waals surface area contributed by atoms with Crippen LogP contribution in [0, 0.1) is 17.5 Å². The summed E-state index contributed by atoms with van der Waals surface area (Å²) >= 11 is 0. The van der Waals surface area contributed by atoms with Crippen LogP contribution in [0.3, 0.4) is 0 Å². The number of hydrogen-bond donors (Lipinski definition) is 1. The van der Waals surface area contributed by atoms with Crippen molar-refractivity contribution >= 4 is 26.7 Å². The van der Waals surface area contributed by atoms with Crippen LogP contribution in [0.15, 0.2) is 81.1 Å². The van der Waals surface area contributed by atoms with Crippen LogP contribution in [0.2, 0.25) is 0 Å². The molecule has 5 aromatic rings. The Hall–Kier alpha value is -4.65. The van der Waals surface area contributed by atoms with E-state index < -0.39 is 33.0 Å². The van der Waals surface area contributed by atoms with E-state index in [2.05, 4.69) is 19.4 Å². The molecule has 0 amide bonds. The van der Waals surface area contributed by atoms with Crippen molar-refractivity contribution in [1.29, 1.82) is 0 Å². The van der Waals surface area contributed by atoms with Crippen molar-refractivity contribution in [1.82, 2.24) is 14.7 Å². The fourth-order valence-electron chi connectivity index (χ4n) is 3.77. The number of nitrogens with zero attached hydrogens (tertiary/aromatic N) is 3. The van der Waals surface area contributed by atoms with Crippen molar-refractivity contribution in [3.63, 3.8) is 0 Å². The van der Waals surface area contributed by atoms with Crippen LogP contribution < -0.4 is 15.0 Å². The number of anilines is 1. The average Bonchev–Trinajstić information content (AvgIpc) is 3.35. The minimum atomic E-state index is -4.04. The lowest BCUT2D eigenvalue weighted by atomic mass is 10.1. The van der Waals surface area contributed by atoms with Gasteiger partial charge in [0.1, 0.15) is 29.3 Å². The summed E-state index contributed by atoms with van der Waals surface area (Å²) in [6.07, 6.45) is 1.20. The smallest absolute Gasteiger partial charge is 0.263 e. The molecule has 0 spiro atoms. The number of benzene rings is 2. The van der Waals surface area contributed by atoms with Crippen LogP contribution in [0.1, 0.15) is 0 Å². The lowest BCUT2D eigenvalue weighted by Crippen LogP contribution is -2.19. The number of ether oxygens (including phenoxy) is 1. The van der Waals surface area contributed by atoms with Crippen molar-refractivity contribution in [3.05, 3.63) is 94.7 Å². The van der Waals surface area contributed by atoms with E-state index in [1.165, 1.54) is 43.7 Å². The van der Waals surface area contributed by atoms with Gasteiger partial charge in [-0.1, -0.05) is 5.16 Å². The van der Waals surface area contributed by atoms with E-state index in [0.717, 1.165) is 28.8 Å². The van der Waals surface area contributed by atoms with Crippen LogP contribution in [0.25, 0.3) is 27.8 Å². The zero-order valence-electron chi connectivity index (χ0n) is 18.8. The third kappa shape index (κ3) is 4.51. The predicted octanol–water partition coefficient (Wildman–Crippen LogP) is 4.27. The molecule has 1 N–H and O–H groups in total. The summed E-state index contributed by atoms with van der Waals surface area (Å²) in [6.45, 7) is 0. The van der Waals surface area contributed by atoms with Crippen LogP contribution in [-0.4, -0.2) is 30.2 Å². The maximum absolute atomic E-state index is 15.2. The van der Waals surface area contributed by atoms with Gasteiger partial charge in [0.15, 0.2) is 11.6 Å². The summed E-state index contributed by atoms with van der Waals surface area (Å²) in [5.41, 5.74) is -1.03. The van der Waals surface area contributed by atoms with Crippen molar-refractivity contribution in [3.8, 4) is 22.8 Å². The van der Waals surface area contributed by atoms with Gasteiger partial charge in [-0.05, 0) is 36.4 Å². The molecule has 0 aliphatic heterocycles. The van der Waals surface area contributed by atoms with Gasteiger partial charge in [0.25, 0.3) is 15.6 Å². The minimum absolute atomic E-state index is 0.0189. The van der Waals surface area contributed by atoms with E-state index in [4.69, 9.17) is 4.74 Å². The highest BCUT2D eigenvalue weighted by Gasteiger charge is 2.21. The molecule has 0 atom stereocenters. The van der Waals surface area contributed by atoms with Crippen molar-refractivity contribution < 1.29 is 30.8 Å². The number of methoxy groups -OCH3 is 1. The predicted molar refractivity (Wildman–Crippen MR) is 127 cm³/mol. The highest BCUT2D eigenvalue weighted by Crippen LogP contribution is 2.31. The Morgan fingerprint density at radius 1 is 0.973 bits per heavy atom. The third-order valence-electron chi connectivity index (χ3n) is 5.35. The molecule has 3 aromatic heterocycles. The highest BCUT2D eigenvalue weighted by molar-refractivity contribution is 7.92. The standard InChI is InChI=1S/C24H15F3N4O5S/c1-35-24-20(12-18(27)23(28-24)14-8-15(25)11-16(26)9-14)31-19-4-3-17(10-13(19)2-5-22(31)32)37(33,34)30-21-6-7-36-29-21/h2-12H,1H3,(H,29,30). The van der Waals surface area contributed by atoms with Gasteiger partial charge in [0.05, 0.1) is 17.5 Å². The Balaban J connectivity index is 1.65. The largest absolute Gasteiger partial charge is 0.479 e. The Bertz CT molecular complexity index is 1800. The van der Waals surface area contributed by atoms with E-state index in [0.29, 0.717) is 11.5 Å². The molecule has 0 saturated heterocycles. The lowest BCUT2D eigenvalue weighted by Gasteiger charge is -2.15. The normalized spacial score (nSPS) is 11.6. The first-order chi connectivity index (χ1) is 17.7. The molecule has 5 rings (SSSR count). The Morgan fingerprint density at radius 3 is 2.41 bits per heavy atom. The summed E-state index contributed by atoms with van der Waals surface area (Å²) in [6, 6.07) is 11.2. The summed E-state index contributed by atoms with van der Waals surface area (Å²) < 4.78 is 81.3. The SMILES string of the molecule is COc1nc(-c2cc(F)cc(F)c2)c(F)cc1-n1c(=O)ccc2cc(S(=O)(=O)Nc3ccon3)ccc21. The van der Waals surface area contributed by atoms with E-state index in [9.17, 15) is 22.0 Å². The minimum Gasteiger partial charge on any atom is -0.479 e. The van der Waals surface area contributed by atoms with Crippen LogP contribution in [0.5, 0.6) is 5.88 Å². The fourth-order valence-corrected chi connectivity index (χ4v) is 4.80. The number of nitrogens with one attached hydrogen (secondary N) is 1. The fraction of sp³-hybridized carbons (Fsp3) is 0.0417. The quantitative estimate of drug-likeness (QED) is 0.350. The van der Waals surface area contributed by atoms with E-state index in [-0.39, 0.29) is 39.1 Å². The molecule has 0 radical (unpaired) electrons. The molecular formula is C24H15F3N4O5S. The molecule has 0 bridgehead atoms. The van der Waals surface area contributed by atoms with Crippen molar-refractivity contribution in [2.24, 2.45) is 0 Å². The summed E-state index contributed by atoms with van der Waals surface area (Å²) in [5, 5.41) is 3.83. The molecule has 0 saturated carbocycles. The number of pyridine rings is 2. The number of fused-ring (bicyclic) bond motifs is 1. The van der Waals surface area contributed by atoms with Crippen LogP contribution >= 0.6 is 0 Å². The highest BCUT2D eigenvalue weighted by atomic mass is 32.2. The zero-order chi connectivity index (χ0) is 26.3. The summed E-state index contributed by atoms with van der Waals surface area (Å²) in [4.78, 5) is 16.8. The van der Waals surface area contributed by atoms with E-state index in [1.807, 2.05) is 0 Å². The van der Waals surface area contributed by atoms with Crippen LogP contribution in [-0.2, 0) is 10.0 Å². The van der Waals surface area contributed by atoms with Gasteiger partial charge in [-0.15, -0.1) is 0 Å². The second-order valence-electron chi connectivity index (χ2n) is 7.72. The maximum atomic E-state index is 15.2. The number of halogens is 3. The van der Waals surface area contributed by atoms with E-state index >= 15 is 4.39 Å². The monoisotopic (exact) mass is 528 g/mol. The van der Waals surface area contributed by atoms with Gasteiger partial charge in [-0.25, -0.2) is 26.6 Å². The van der Waals surface area contributed by atoms with Gasteiger partial charge in [0, 0.05) is 35.2 Å². The molecule has 0 aliphatic rings. The molecule has 0 unspecified atom stereocenters. The number of rotatable bonds is 6. The molecule has 0 fully saturated rings. The molecule has 13 heteroatoms.